The van der Waals surface area contributed by atoms with Crippen molar-refractivity contribution in [3.8, 4) is 0 Å². The van der Waals surface area contributed by atoms with E-state index in [2.05, 4.69) is 15.0 Å². The summed E-state index contributed by atoms with van der Waals surface area (Å²) in [4.78, 5) is 27.4. The highest BCUT2D eigenvalue weighted by atomic mass is 19.4. The van der Waals surface area contributed by atoms with Crippen LogP contribution in [0.1, 0.15) is 39.7 Å². The largest absolute Gasteiger partial charge is 0.417 e. The van der Waals surface area contributed by atoms with Crippen molar-refractivity contribution in [3.63, 3.8) is 0 Å². The van der Waals surface area contributed by atoms with E-state index in [0.717, 1.165) is 23.4 Å². The number of carbonyl (C=O) groups is 1. The predicted octanol–water partition coefficient (Wildman–Crippen LogP) is 3.33. The van der Waals surface area contributed by atoms with Crippen molar-refractivity contribution in [3.05, 3.63) is 58.5 Å². The van der Waals surface area contributed by atoms with Crippen LogP contribution < -0.4 is 5.73 Å². The Hall–Kier alpha value is -3.31. The van der Waals surface area contributed by atoms with Crippen LogP contribution in [0.3, 0.4) is 0 Å². The van der Waals surface area contributed by atoms with Crippen LogP contribution in [0.5, 0.6) is 0 Å². The number of methoxy groups -OCH3 is 1. The first kappa shape index (κ1) is 22.9. The first-order chi connectivity index (χ1) is 15.7. The van der Waals surface area contributed by atoms with Crippen LogP contribution in [0, 0.1) is 0 Å². The van der Waals surface area contributed by atoms with E-state index in [0.29, 0.717) is 41.3 Å². The first-order valence-corrected chi connectivity index (χ1v) is 10.2. The number of amides is 1. The lowest BCUT2D eigenvalue weighted by Gasteiger charge is -2.29. The predicted molar refractivity (Wildman–Crippen MR) is 113 cm³/mol. The average Bonchev–Trinajstić information content (AvgIpc) is 3.28. The smallest absolute Gasteiger partial charge is 0.383 e. The van der Waals surface area contributed by atoms with E-state index in [1.54, 1.807) is 13.0 Å². The molecule has 1 aliphatic rings. The highest BCUT2D eigenvalue weighted by molar-refractivity contribution is 5.98. The first-order valence-electron chi connectivity index (χ1n) is 10.2. The van der Waals surface area contributed by atoms with Gasteiger partial charge in [-0.25, -0.2) is 9.97 Å². The average molecular weight is 461 g/mol. The van der Waals surface area contributed by atoms with Gasteiger partial charge in [-0.05, 0) is 30.7 Å². The SMILES string of the molecule is COC[C@@H](C)N(Cc1ccc(C(F)(F)F)cn1)C(=O)c1cnc2nc(N)c3c(c2c1)COC3. The summed E-state index contributed by atoms with van der Waals surface area (Å²) in [5.74, 6) is -0.00886. The second-order valence-corrected chi connectivity index (χ2v) is 7.82. The third kappa shape index (κ3) is 4.60. The van der Waals surface area contributed by atoms with Gasteiger partial charge in [0.25, 0.3) is 5.91 Å². The van der Waals surface area contributed by atoms with Crippen molar-refractivity contribution in [1.29, 1.82) is 0 Å². The number of anilines is 1. The van der Waals surface area contributed by atoms with Crippen molar-refractivity contribution < 1.29 is 27.4 Å². The molecule has 0 aliphatic carbocycles. The number of ether oxygens (including phenoxy) is 2. The molecule has 0 fully saturated rings. The van der Waals surface area contributed by atoms with Gasteiger partial charge >= 0.3 is 6.18 Å². The minimum Gasteiger partial charge on any atom is -0.383 e. The Morgan fingerprint density at radius 2 is 2.00 bits per heavy atom. The van der Waals surface area contributed by atoms with Crippen molar-refractivity contribution in [2.75, 3.05) is 19.5 Å². The van der Waals surface area contributed by atoms with E-state index in [-0.39, 0.29) is 25.1 Å². The number of carbonyl (C=O) groups excluding carboxylic acids is 1. The number of fused-ring (bicyclic) bond motifs is 3. The van der Waals surface area contributed by atoms with E-state index < -0.39 is 11.7 Å². The molecule has 174 valence electrons. The highest BCUT2D eigenvalue weighted by Gasteiger charge is 2.31. The Kier molecular flexibility index (Phi) is 6.17. The molecule has 4 rings (SSSR count). The summed E-state index contributed by atoms with van der Waals surface area (Å²) in [6, 6.07) is 3.53. The molecule has 0 unspecified atom stereocenters. The van der Waals surface area contributed by atoms with Crippen molar-refractivity contribution in [2.24, 2.45) is 0 Å². The van der Waals surface area contributed by atoms with Gasteiger partial charge < -0.3 is 20.1 Å². The molecule has 0 spiro atoms. The minimum absolute atomic E-state index is 0.000734. The number of nitrogens with zero attached hydrogens (tertiary/aromatic N) is 4. The van der Waals surface area contributed by atoms with Crippen molar-refractivity contribution in [1.82, 2.24) is 19.9 Å². The van der Waals surface area contributed by atoms with Crippen molar-refractivity contribution >= 4 is 22.8 Å². The van der Waals surface area contributed by atoms with Crippen LogP contribution in [-0.2, 0) is 35.4 Å². The van der Waals surface area contributed by atoms with Crippen LogP contribution >= 0.6 is 0 Å². The minimum atomic E-state index is -4.48. The lowest BCUT2D eigenvalue weighted by molar-refractivity contribution is -0.137. The number of halogens is 3. The number of hydrogen-bond donors (Lipinski definition) is 1. The summed E-state index contributed by atoms with van der Waals surface area (Å²) in [6.07, 6.45) is -2.31. The molecular formula is C22H22F3N5O3. The normalized spacial score (nSPS) is 14.3. The molecule has 0 radical (unpaired) electrons. The van der Waals surface area contributed by atoms with Gasteiger partial charge in [0.1, 0.15) is 5.82 Å². The summed E-state index contributed by atoms with van der Waals surface area (Å²) >= 11 is 0. The van der Waals surface area contributed by atoms with Gasteiger partial charge in [0.15, 0.2) is 5.65 Å². The fourth-order valence-electron chi connectivity index (χ4n) is 3.75. The van der Waals surface area contributed by atoms with Gasteiger partial charge in [-0.15, -0.1) is 0 Å². The quantitative estimate of drug-likeness (QED) is 0.601. The van der Waals surface area contributed by atoms with Gasteiger partial charge in [0.05, 0.1) is 49.2 Å². The molecule has 33 heavy (non-hydrogen) atoms. The maximum absolute atomic E-state index is 13.4. The summed E-state index contributed by atoms with van der Waals surface area (Å²) in [5, 5.41) is 0.676. The molecule has 0 saturated carbocycles. The molecule has 1 amide bonds. The molecule has 8 nitrogen and oxygen atoms in total. The number of aromatic nitrogens is 3. The maximum atomic E-state index is 13.4. The zero-order valence-electron chi connectivity index (χ0n) is 18.0. The van der Waals surface area contributed by atoms with Gasteiger partial charge in [-0.2, -0.15) is 13.2 Å². The molecule has 11 heteroatoms. The molecule has 0 aromatic carbocycles. The standard InChI is InChI=1S/C22H22F3N5O3/c1-12(9-32-2)30(8-15-4-3-14(7-27-15)22(23,24)25)21(31)13-5-16-17-10-33-11-18(17)19(26)29-20(16)28-6-13/h3-7,12H,8-11H2,1-2H3,(H2,26,28,29)/t12-/m1/s1. The lowest BCUT2D eigenvalue weighted by Crippen LogP contribution is -2.40. The molecule has 0 saturated heterocycles. The Morgan fingerprint density at radius 1 is 1.24 bits per heavy atom. The zero-order valence-corrected chi connectivity index (χ0v) is 18.0. The van der Waals surface area contributed by atoms with E-state index in [1.807, 2.05) is 0 Å². The van der Waals surface area contributed by atoms with E-state index in [1.165, 1.54) is 24.3 Å². The second-order valence-electron chi connectivity index (χ2n) is 7.82. The second kappa shape index (κ2) is 8.91. The summed E-state index contributed by atoms with van der Waals surface area (Å²) in [5.41, 5.74) is 7.80. The fraction of sp³-hybridized carbons (Fsp3) is 0.364. The van der Waals surface area contributed by atoms with Crippen LogP contribution in [0.25, 0.3) is 11.0 Å². The topological polar surface area (TPSA) is 103 Å². The van der Waals surface area contributed by atoms with E-state index in [4.69, 9.17) is 15.2 Å². The summed E-state index contributed by atoms with van der Waals surface area (Å²) < 4.78 is 49.3. The van der Waals surface area contributed by atoms with Crippen LogP contribution in [0.4, 0.5) is 19.0 Å². The molecule has 1 aliphatic heterocycles. The fourth-order valence-corrected chi connectivity index (χ4v) is 3.75. The van der Waals surface area contributed by atoms with Crippen molar-refractivity contribution in [2.45, 2.75) is 38.9 Å². The zero-order chi connectivity index (χ0) is 23.8. The Bertz CT molecular complexity index is 1180. The Labute approximate surface area is 187 Å². The molecule has 2 N–H and O–H groups in total. The van der Waals surface area contributed by atoms with Crippen LogP contribution in [0.2, 0.25) is 0 Å². The van der Waals surface area contributed by atoms with Gasteiger partial charge in [-0.3, -0.25) is 9.78 Å². The number of nitrogens with two attached hydrogens (primary N) is 1. The van der Waals surface area contributed by atoms with Crippen LogP contribution in [-0.4, -0.2) is 45.5 Å². The summed E-state index contributed by atoms with van der Waals surface area (Å²) in [6.45, 7) is 2.71. The molecule has 4 heterocycles. The number of pyridine rings is 3. The maximum Gasteiger partial charge on any atom is 0.417 e. The number of rotatable bonds is 6. The van der Waals surface area contributed by atoms with E-state index in [9.17, 15) is 18.0 Å². The molecule has 3 aromatic heterocycles. The third-order valence-corrected chi connectivity index (χ3v) is 5.52. The lowest BCUT2D eigenvalue weighted by atomic mass is 10.1. The van der Waals surface area contributed by atoms with Gasteiger partial charge in [0.2, 0.25) is 0 Å². The van der Waals surface area contributed by atoms with Crippen LogP contribution in [0.15, 0.2) is 30.6 Å². The van der Waals surface area contributed by atoms with Gasteiger partial charge in [0, 0.05) is 30.5 Å². The van der Waals surface area contributed by atoms with Gasteiger partial charge in [-0.1, -0.05) is 0 Å². The van der Waals surface area contributed by atoms with E-state index >= 15 is 0 Å². The number of nitrogen functional groups attached to an aromatic ring is 1. The molecule has 3 aromatic rings. The molecular weight excluding hydrogens is 439 g/mol. The Balaban J connectivity index is 1.67. The molecule has 0 bridgehead atoms. The number of alkyl halides is 3. The molecule has 1 atom stereocenters. The monoisotopic (exact) mass is 461 g/mol. The number of hydrogen-bond acceptors (Lipinski definition) is 7. The third-order valence-electron chi connectivity index (χ3n) is 5.52. The summed E-state index contributed by atoms with van der Waals surface area (Å²) in [7, 11) is 1.51. The Morgan fingerprint density at radius 3 is 2.67 bits per heavy atom. The highest BCUT2D eigenvalue weighted by Crippen LogP contribution is 2.31.